The summed E-state index contributed by atoms with van der Waals surface area (Å²) in [4.78, 5) is 28.5. The van der Waals surface area contributed by atoms with Crippen molar-refractivity contribution in [3.05, 3.63) is 45.2 Å². The van der Waals surface area contributed by atoms with E-state index in [4.69, 9.17) is 4.74 Å². The number of anilines is 1. The molecule has 0 saturated heterocycles. The quantitative estimate of drug-likeness (QED) is 0.585. The summed E-state index contributed by atoms with van der Waals surface area (Å²) in [6.45, 7) is 3.65. The van der Waals surface area contributed by atoms with Gasteiger partial charge in [-0.3, -0.25) is 4.72 Å². The van der Waals surface area contributed by atoms with Crippen LogP contribution in [0.2, 0.25) is 0 Å². The van der Waals surface area contributed by atoms with Gasteiger partial charge in [-0.05, 0) is 43.7 Å². The number of carbonyl (C=O) groups excluding carboxylic acids is 1. The number of carbonyl (C=O) groups is 1. The highest BCUT2D eigenvalue weighted by Gasteiger charge is 2.20. The van der Waals surface area contributed by atoms with Crippen molar-refractivity contribution < 1.29 is 17.9 Å². The minimum atomic E-state index is -3.86. The second-order valence-electron chi connectivity index (χ2n) is 5.24. The molecule has 3 aromatic rings. The number of H-pyrrole nitrogens is 2. The molecule has 0 aliphatic heterocycles. The van der Waals surface area contributed by atoms with Gasteiger partial charge in [-0.2, -0.15) is 0 Å². The topological polar surface area (TPSA) is 121 Å². The van der Waals surface area contributed by atoms with Crippen molar-refractivity contribution in [3.8, 4) is 0 Å². The summed E-state index contributed by atoms with van der Waals surface area (Å²) in [5.41, 5.74) is 1.12. The molecule has 10 heteroatoms. The summed E-state index contributed by atoms with van der Waals surface area (Å²) >= 11 is 1.01. The third kappa shape index (κ3) is 3.44. The molecule has 0 fully saturated rings. The summed E-state index contributed by atoms with van der Waals surface area (Å²) in [5, 5.41) is 0.309. The van der Waals surface area contributed by atoms with Crippen LogP contribution in [-0.4, -0.2) is 31.0 Å². The number of nitrogens with one attached hydrogen (secondary N) is 3. The van der Waals surface area contributed by atoms with Gasteiger partial charge in [-0.1, -0.05) is 0 Å². The number of aryl methyl sites for hydroxylation is 1. The van der Waals surface area contributed by atoms with Crippen molar-refractivity contribution in [1.29, 1.82) is 0 Å². The predicted octanol–water partition coefficient (Wildman–Crippen LogP) is 2.20. The van der Waals surface area contributed by atoms with E-state index in [0.717, 1.165) is 11.3 Å². The number of ether oxygens (including phenoxy) is 1. The van der Waals surface area contributed by atoms with Gasteiger partial charge in [-0.15, -0.1) is 11.3 Å². The number of hydrogen-bond acceptors (Lipinski definition) is 6. The van der Waals surface area contributed by atoms with Crippen molar-refractivity contribution >= 4 is 43.4 Å². The van der Waals surface area contributed by atoms with Crippen LogP contribution in [0.25, 0.3) is 11.0 Å². The van der Waals surface area contributed by atoms with Crippen LogP contribution in [-0.2, 0) is 14.8 Å². The minimum Gasteiger partial charge on any atom is -0.462 e. The number of esters is 1. The summed E-state index contributed by atoms with van der Waals surface area (Å²) in [6, 6.07) is 5.83. The van der Waals surface area contributed by atoms with Crippen molar-refractivity contribution in [3.63, 3.8) is 0 Å². The van der Waals surface area contributed by atoms with E-state index in [1.165, 1.54) is 18.2 Å². The monoisotopic (exact) mass is 381 g/mol. The largest absolute Gasteiger partial charge is 0.462 e. The van der Waals surface area contributed by atoms with Crippen LogP contribution in [0.5, 0.6) is 0 Å². The highest BCUT2D eigenvalue weighted by molar-refractivity contribution is 7.93. The SMILES string of the molecule is CCOC(=O)c1sc(NS(=O)(=O)c2ccc3[nH]c(=O)[nH]c3c2)cc1C. The molecule has 132 valence electrons. The Hall–Kier alpha value is -2.59. The molecule has 1 aromatic carbocycles. The molecule has 3 rings (SSSR count). The number of sulfonamides is 1. The van der Waals surface area contributed by atoms with E-state index in [1.54, 1.807) is 19.9 Å². The average molecular weight is 381 g/mol. The lowest BCUT2D eigenvalue weighted by Gasteiger charge is -2.05. The van der Waals surface area contributed by atoms with Crippen molar-refractivity contribution in [2.45, 2.75) is 18.7 Å². The Morgan fingerprint density at radius 2 is 1.96 bits per heavy atom. The highest BCUT2D eigenvalue weighted by Crippen LogP contribution is 2.29. The molecule has 0 radical (unpaired) electrons. The number of hydrogen-bond donors (Lipinski definition) is 3. The van der Waals surface area contributed by atoms with Gasteiger partial charge >= 0.3 is 11.7 Å². The van der Waals surface area contributed by atoms with Gasteiger partial charge < -0.3 is 14.7 Å². The first-order valence-electron chi connectivity index (χ1n) is 7.32. The molecule has 0 saturated carbocycles. The zero-order chi connectivity index (χ0) is 18.2. The van der Waals surface area contributed by atoms with Crippen molar-refractivity contribution in [1.82, 2.24) is 9.97 Å². The second-order valence-corrected chi connectivity index (χ2v) is 7.97. The smallest absolute Gasteiger partial charge is 0.348 e. The predicted molar refractivity (Wildman–Crippen MR) is 94.7 cm³/mol. The Morgan fingerprint density at radius 1 is 1.24 bits per heavy atom. The Kier molecular flexibility index (Phi) is 4.39. The first kappa shape index (κ1) is 17.2. The normalized spacial score (nSPS) is 11.6. The number of aromatic amines is 2. The van der Waals surface area contributed by atoms with Gasteiger partial charge in [0.15, 0.2) is 0 Å². The molecule has 0 amide bonds. The van der Waals surface area contributed by atoms with Gasteiger partial charge in [-0.25, -0.2) is 18.0 Å². The van der Waals surface area contributed by atoms with Crippen LogP contribution in [0, 0.1) is 6.92 Å². The van der Waals surface area contributed by atoms with E-state index in [-0.39, 0.29) is 11.5 Å². The number of benzene rings is 1. The fraction of sp³-hybridized carbons (Fsp3) is 0.200. The van der Waals surface area contributed by atoms with Crippen LogP contribution >= 0.6 is 11.3 Å². The maximum Gasteiger partial charge on any atom is 0.348 e. The lowest BCUT2D eigenvalue weighted by molar-refractivity contribution is 0.0531. The number of thiophene rings is 1. The third-order valence-corrected chi connectivity index (χ3v) is 6.04. The van der Waals surface area contributed by atoms with Crippen LogP contribution in [0.15, 0.2) is 34.0 Å². The third-order valence-electron chi connectivity index (χ3n) is 3.41. The molecule has 0 atom stereocenters. The average Bonchev–Trinajstić information content (AvgIpc) is 3.07. The molecule has 25 heavy (non-hydrogen) atoms. The molecular weight excluding hydrogens is 366 g/mol. The van der Waals surface area contributed by atoms with Crippen LogP contribution in [0.1, 0.15) is 22.2 Å². The molecule has 0 aliphatic rings. The fourth-order valence-corrected chi connectivity index (χ4v) is 4.58. The molecule has 0 unspecified atom stereocenters. The maximum absolute atomic E-state index is 12.5. The van der Waals surface area contributed by atoms with E-state index in [1.807, 2.05) is 0 Å². The van der Waals surface area contributed by atoms with E-state index in [2.05, 4.69) is 14.7 Å². The minimum absolute atomic E-state index is 0.000937. The fourth-order valence-electron chi connectivity index (χ4n) is 2.30. The Labute approximate surface area is 146 Å². The second kappa shape index (κ2) is 6.37. The Bertz CT molecular complexity index is 1110. The van der Waals surface area contributed by atoms with Gasteiger partial charge in [0.05, 0.1) is 22.5 Å². The number of rotatable bonds is 5. The highest BCUT2D eigenvalue weighted by atomic mass is 32.2. The Morgan fingerprint density at radius 3 is 2.68 bits per heavy atom. The van der Waals surface area contributed by atoms with Gasteiger partial charge in [0.2, 0.25) is 0 Å². The van der Waals surface area contributed by atoms with Gasteiger partial charge in [0.1, 0.15) is 9.88 Å². The molecule has 8 nitrogen and oxygen atoms in total. The van der Waals surface area contributed by atoms with Crippen LogP contribution in [0.4, 0.5) is 5.00 Å². The molecule has 2 aromatic heterocycles. The first-order chi connectivity index (χ1) is 11.8. The molecular formula is C15H15N3O5S2. The summed E-state index contributed by atoms with van der Waals surface area (Å²) < 4.78 is 32.5. The molecule has 0 spiro atoms. The number of aromatic nitrogens is 2. The number of imidazole rings is 1. The zero-order valence-electron chi connectivity index (χ0n) is 13.4. The summed E-state index contributed by atoms with van der Waals surface area (Å²) in [6.07, 6.45) is 0. The van der Waals surface area contributed by atoms with Gasteiger partial charge in [0, 0.05) is 0 Å². The van der Waals surface area contributed by atoms with Crippen LogP contribution in [0.3, 0.4) is 0 Å². The molecule has 2 heterocycles. The van der Waals surface area contributed by atoms with Crippen molar-refractivity contribution in [2.75, 3.05) is 11.3 Å². The zero-order valence-corrected chi connectivity index (χ0v) is 15.0. The van der Waals surface area contributed by atoms with E-state index in [0.29, 0.717) is 26.5 Å². The maximum atomic E-state index is 12.5. The molecule has 3 N–H and O–H groups in total. The first-order valence-corrected chi connectivity index (χ1v) is 9.62. The van der Waals surface area contributed by atoms with E-state index < -0.39 is 21.7 Å². The number of fused-ring (bicyclic) bond motifs is 1. The van der Waals surface area contributed by atoms with E-state index >= 15 is 0 Å². The molecule has 0 bridgehead atoms. The van der Waals surface area contributed by atoms with Crippen LogP contribution < -0.4 is 10.4 Å². The standard InChI is InChI=1S/C15H15N3O5S2/c1-3-23-14(19)13-8(2)6-12(24-13)18-25(21,22)9-4-5-10-11(7-9)17-15(20)16-10/h4-7,18H,3H2,1-2H3,(H2,16,17,20). The Balaban J connectivity index is 1.91. The lowest BCUT2D eigenvalue weighted by Crippen LogP contribution is -2.11. The summed E-state index contributed by atoms with van der Waals surface area (Å²) in [7, 11) is -3.86. The van der Waals surface area contributed by atoms with Crippen molar-refractivity contribution in [2.24, 2.45) is 0 Å². The summed E-state index contributed by atoms with van der Waals surface area (Å²) in [5.74, 6) is -0.484. The molecule has 0 aliphatic carbocycles. The van der Waals surface area contributed by atoms with E-state index in [9.17, 15) is 18.0 Å². The lowest BCUT2D eigenvalue weighted by atomic mass is 10.3. The van der Waals surface area contributed by atoms with Gasteiger partial charge in [0.25, 0.3) is 10.0 Å².